The van der Waals surface area contributed by atoms with Crippen LogP contribution in [-0.2, 0) is 10.2 Å². The molecule has 0 aliphatic carbocycles. The number of fused-ring (bicyclic) bond motifs is 2. The summed E-state index contributed by atoms with van der Waals surface area (Å²) in [6, 6.07) is 9.69. The van der Waals surface area contributed by atoms with Gasteiger partial charge in [0.2, 0.25) is 11.6 Å². The van der Waals surface area contributed by atoms with Gasteiger partial charge in [0.25, 0.3) is 5.88 Å². The Morgan fingerprint density at radius 3 is 2.68 bits per heavy atom. The maximum atomic E-state index is 14.2. The van der Waals surface area contributed by atoms with Gasteiger partial charge in [-0.25, -0.2) is 28.7 Å². The number of nitrogens with one attached hydrogen (secondary N) is 1. The number of carbonyl (C=O) groups is 1. The van der Waals surface area contributed by atoms with Crippen molar-refractivity contribution in [3.63, 3.8) is 0 Å². The molecule has 5 aromatic rings. The maximum absolute atomic E-state index is 14.2. The standard InChI is InChI=1S/C25H16ClF2N7O2/c1-25(12-2-4-13(26)5-3-12)18-19(29)32-20(33-21(18)34-24(25)36)16-11-35-9-8-30-22(35)23(31-16)37-17-10-14(27)6-7-15(17)28/h2-11H,1H3,(H3,29,32,33,34,36). The van der Waals surface area contributed by atoms with Crippen LogP contribution in [0.4, 0.5) is 20.4 Å². The van der Waals surface area contributed by atoms with Crippen LogP contribution in [0.2, 0.25) is 5.02 Å². The lowest BCUT2D eigenvalue weighted by molar-refractivity contribution is -0.119. The summed E-state index contributed by atoms with van der Waals surface area (Å²) in [5.41, 5.74) is 6.76. The van der Waals surface area contributed by atoms with Gasteiger partial charge in [0.05, 0.1) is 5.56 Å². The van der Waals surface area contributed by atoms with Gasteiger partial charge in [-0.1, -0.05) is 23.7 Å². The van der Waals surface area contributed by atoms with Gasteiger partial charge < -0.3 is 20.2 Å². The van der Waals surface area contributed by atoms with E-state index in [9.17, 15) is 13.6 Å². The van der Waals surface area contributed by atoms with Crippen LogP contribution in [-0.4, -0.2) is 30.2 Å². The molecular weight excluding hydrogens is 504 g/mol. The first-order valence-corrected chi connectivity index (χ1v) is 11.3. The number of amides is 1. The first-order valence-electron chi connectivity index (χ1n) is 11.0. The largest absolute Gasteiger partial charge is 0.433 e. The van der Waals surface area contributed by atoms with E-state index in [2.05, 4.69) is 25.3 Å². The fourth-order valence-corrected chi connectivity index (χ4v) is 4.45. The summed E-state index contributed by atoms with van der Waals surface area (Å²) in [5, 5.41) is 3.31. The van der Waals surface area contributed by atoms with Crippen LogP contribution in [0, 0.1) is 11.6 Å². The second-order valence-electron chi connectivity index (χ2n) is 8.51. The average Bonchev–Trinajstić information content (AvgIpc) is 3.44. The molecule has 37 heavy (non-hydrogen) atoms. The van der Waals surface area contributed by atoms with Crippen LogP contribution < -0.4 is 15.8 Å². The number of anilines is 2. The number of carbonyl (C=O) groups excluding carboxylic acids is 1. The highest BCUT2D eigenvalue weighted by Crippen LogP contribution is 2.45. The number of halogens is 3. The molecule has 9 nitrogen and oxygen atoms in total. The highest BCUT2D eigenvalue weighted by atomic mass is 35.5. The van der Waals surface area contributed by atoms with E-state index in [1.165, 1.54) is 6.20 Å². The molecule has 0 fully saturated rings. The van der Waals surface area contributed by atoms with Gasteiger partial charge in [-0.3, -0.25) is 4.79 Å². The van der Waals surface area contributed by atoms with E-state index in [4.69, 9.17) is 22.1 Å². The third-order valence-corrected chi connectivity index (χ3v) is 6.47. The molecule has 3 aromatic heterocycles. The molecule has 0 spiro atoms. The molecule has 0 bridgehead atoms. The summed E-state index contributed by atoms with van der Waals surface area (Å²) < 4.78 is 35.1. The van der Waals surface area contributed by atoms with Gasteiger partial charge in [-0.15, -0.1) is 0 Å². The average molecular weight is 520 g/mol. The Morgan fingerprint density at radius 1 is 1.11 bits per heavy atom. The molecule has 6 rings (SSSR count). The normalized spacial score (nSPS) is 16.6. The predicted molar refractivity (Wildman–Crippen MR) is 131 cm³/mol. The summed E-state index contributed by atoms with van der Waals surface area (Å²) in [6.07, 6.45) is 4.68. The van der Waals surface area contributed by atoms with Crippen molar-refractivity contribution in [3.8, 4) is 23.1 Å². The number of nitrogens with zero attached hydrogens (tertiary/aromatic N) is 5. The number of nitrogens with two attached hydrogens (primary N) is 1. The highest BCUT2D eigenvalue weighted by molar-refractivity contribution is 6.30. The number of imidazole rings is 1. The zero-order valence-corrected chi connectivity index (χ0v) is 19.8. The summed E-state index contributed by atoms with van der Waals surface area (Å²) in [5.74, 6) is -1.87. The zero-order chi connectivity index (χ0) is 25.9. The Labute approximate surface area is 212 Å². The Hall–Kier alpha value is -4.64. The van der Waals surface area contributed by atoms with Crippen LogP contribution in [0.15, 0.2) is 61.1 Å². The quantitative estimate of drug-likeness (QED) is 0.351. The first kappa shape index (κ1) is 22.8. The Morgan fingerprint density at radius 2 is 1.89 bits per heavy atom. The fraction of sp³-hybridized carbons (Fsp3) is 0.0800. The molecule has 0 saturated carbocycles. The number of ether oxygens (including phenoxy) is 1. The van der Waals surface area contributed by atoms with Crippen LogP contribution >= 0.6 is 11.6 Å². The Balaban J connectivity index is 1.46. The summed E-state index contributed by atoms with van der Waals surface area (Å²) in [6.45, 7) is 1.73. The predicted octanol–water partition coefficient (Wildman–Crippen LogP) is 4.75. The minimum absolute atomic E-state index is 0.0713. The lowest BCUT2D eigenvalue weighted by Crippen LogP contribution is -2.32. The lowest BCUT2D eigenvalue weighted by Gasteiger charge is -2.23. The zero-order valence-electron chi connectivity index (χ0n) is 19.0. The Bertz CT molecular complexity index is 1730. The van der Waals surface area contributed by atoms with Gasteiger partial charge in [0, 0.05) is 29.7 Å². The van der Waals surface area contributed by atoms with E-state index >= 15 is 0 Å². The molecule has 0 radical (unpaired) electrons. The van der Waals surface area contributed by atoms with Crippen molar-refractivity contribution >= 4 is 34.8 Å². The summed E-state index contributed by atoms with van der Waals surface area (Å²) in [4.78, 5) is 30.6. The molecule has 0 saturated heterocycles. The van der Waals surface area contributed by atoms with Crippen LogP contribution in [0.5, 0.6) is 11.6 Å². The Kier molecular flexibility index (Phi) is 5.06. The van der Waals surface area contributed by atoms with Crippen LogP contribution in [0.3, 0.4) is 0 Å². The van der Waals surface area contributed by atoms with Crippen LogP contribution in [0.1, 0.15) is 18.1 Å². The van der Waals surface area contributed by atoms with E-state index in [1.807, 2.05) is 0 Å². The van der Waals surface area contributed by atoms with Crippen LogP contribution in [0.25, 0.3) is 17.2 Å². The number of nitrogen functional groups attached to an aromatic ring is 1. The van der Waals surface area contributed by atoms with E-state index in [1.54, 1.807) is 48.0 Å². The van der Waals surface area contributed by atoms with E-state index in [-0.39, 0.29) is 46.3 Å². The second kappa shape index (κ2) is 8.20. The summed E-state index contributed by atoms with van der Waals surface area (Å²) in [7, 11) is 0. The maximum Gasteiger partial charge on any atom is 0.264 e. The molecule has 1 unspecified atom stereocenters. The van der Waals surface area contributed by atoms with Gasteiger partial charge >= 0.3 is 0 Å². The smallest absolute Gasteiger partial charge is 0.264 e. The van der Waals surface area contributed by atoms with Crippen molar-refractivity contribution in [1.29, 1.82) is 0 Å². The SMILES string of the molecule is CC1(c2ccc(Cl)cc2)C(=O)Nc2nc(-c3cn4ccnc4c(Oc4cc(F)ccc4F)n3)nc(N)c21. The van der Waals surface area contributed by atoms with Crippen molar-refractivity contribution in [3.05, 3.63) is 88.8 Å². The number of hydrogen-bond donors (Lipinski definition) is 2. The van der Waals surface area contributed by atoms with Crippen molar-refractivity contribution < 1.29 is 18.3 Å². The van der Waals surface area contributed by atoms with Crippen molar-refractivity contribution in [2.75, 3.05) is 11.1 Å². The van der Waals surface area contributed by atoms with Crippen molar-refractivity contribution in [1.82, 2.24) is 24.3 Å². The molecule has 1 aliphatic rings. The third kappa shape index (κ3) is 3.62. The number of hydrogen-bond acceptors (Lipinski definition) is 7. The van der Waals surface area contributed by atoms with Crippen molar-refractivity contribution in [2.45, 2.75) is 12.3 Å². The molecule has 2 aromatic carbocycles. The number of aromatic nitrogens is 5. The molecule has 12 heteroatoms. The second-order valence-corrected chi connectivity index (χ2v) is 8.94. The third-order valence-electron chi connectivity index (χ3n) is 6.22. The molecule has 1 amide bonds. The van der Waals surface area contributed by atoms with E-state index in [0.29, 0.717) is 16.1 Å². The minimum atomic E-state index is -1.15. The number of rotatable bonds is 4. The van der Waals surface area contributed by atoms with Gasteiger partial charge in [0.1, 0.15) is 28.6 Å². The minimum Gasteiger partial charge on any atom is -0.433 e. The monoisotopic (exact) mass is 519 g/mol. The highest BCUT2D eigenvalue weighted by Gasteiger charge is 2.47. The van der Waals surface area contributed by atoms with E-state index < -0.39 is 17.0 Å². The molecule has 1 atom stereocenters. The molecule has 3 N–H and O–H groups in total. The number of benzene rings is 2. The summed E-state index contributed by atoms with van der Waals surface area (Å²) >= 11 is 6.02. The molecule has 1 aliphatic heterocycles. The fourth-order valence-electron chi connectivity index (χ4n) is 4.32. The topological polar surface area (TPSA) is 120 Å². The van der Waals surface area contributed by atoms with Crippen molar-refractivity contribution in [2.24, 2.45) is 0 Å². The molecule has 184 valence electrons. The molecular formula is C25H16ClF2N7O2. The van der Waals surface area contributed by atoms with Gasteiger partial charge in [0.15, 0.2) is 17.4 Å². The lowest BCUT2D eigenvalue weighted by atomic mass is 9.78. The van der Waals surface area contributed by atoms with Gasteiger partial charge in [-0.2, -0.15) is 0 Å². The first-order chi connectivity index (χ1) is 17.7. The molecule has 4 heterocycles. The van der Waals surface area contributed by atoms with Gasteiger partial charge in [-0.05, 0) is 36.8 Å². The van der Waals surface area contributed by atoms with E-state index in [0.717, 1.165) is 18.2 Å².